The lowest BCUT2D eigenvalue weighted by atomic mass is 10.0. The zero-order chi connectivity index (χ0) is 13.0. The summed E-state index contributed by atoms with van der Waals surface area (Å²) in [7, 11) is 0. The van der Waals surface area contributed by atoms with Gasteiger partial charge in [0.25, 0.3) is 0 Å². The van der Waals surface area contributed by atoms with E-state index < -0.39 is 0 Å². The van der Waals surface area contributed by atoms with Crippen molar-refractivity contribution in [1.29, 1.82) is 0 Å². The summed E-state index contributed by atoms with van der Waals surface area (Å²) in [6, 6.07) is 9.17. The highest BCUT2D eigenvalue weighted by Gasteiger charge is 2.21. The molecule has 0 radical (unpaired) electrons. The third-order valence-electron chi connectivity index (χ3n) is 3.94. The van der Waals surface area contributed by atoms with Crippen LogP contribution >= 0.6 is 15.9 Å². The molecule has 1 aromatic carbocycles. The molecule has 2 rings (SSSR count). The van der Waals surface area contributed by atoms with Crippen molar-refractivity contribution >= 4 is 15.9 Å². The van der Waals surface area contributed by atoms with Crippen molar-refractivity contribution in [2.45, 2.75) is 39.2 Å². The van der Waals surface area contributed by atoms with Crippen LogP contribution < -0.4 is 0 Å². The van der Waals surface area contributed by atoms with Gasteiger partial charge >= 0.3 is 0 Å². The van der Waals surface area contributed by atoms with E-state index in [0.717, 1.165) is 17.8 Å². The molecule has 0 spiro atoms. The quantitative estimate of drug-likeness (QED) is 0.728. The van der Waals surface area contributed by atoms with Gasteiger partial charge in [-0.2, -0.15) is 0 Å². The van der Waals surface area contributed by atoms with Crippen LogP contribution in [-0.4, -0.2) is 23.3 Å². The Hall–Kier alpha value is -0.340. The summed E-state index contributed by atoms with van der Waals surface area (Å²) >= 11 is 3.55. The Morgan fingerprint density at radius 3 is 2.61 bits per heavy atom. The molecule has 0 amide bonds. The third kappa shape index (κ3) is 3.83. The van der Waals surface area contributed by atoms with Crippen molar-refractivity contribution in [3.8, 4) is 0 Å². The molecule has 0 bridgehead atoms. The lowest BCUT2D eigenvalue weighted by molar-refractivity contribution is 0.315. The highest BCUT2D eigenvalue weighted by atomic mass is 79.9. The maximum Gasteiger partial charge on any atom is 0.0233 e. The maximum atomic E-state index is 3.55. The lowest BCUT2D eigenvalue weighted by Crippen LogP contribution is -2.20. The van der Waals surface area contributed by atoms with E-state index in [1.54, 1.807) is 0 Å². The predicted molar refractivity (Wildman–Crippen MR) is 82.3 cm³/mol. The molecule has 1 unspecified atom stereocenters. The standard InChI is InChI=1S/C16H24BrN/c1-13(2)16-5-3-14(4-6-16)11-18-10-8-15(12-18)7-9-17/h3-6,13,15H,7-12H2,1-2H3. The molecule has 1 aliphatic rings. The molecule has 1 aliphatic heterocycles. The number of benzene rings is 1. The number of rotatable bonds is 5. The van der Waals surface area contributed by atoms with Crippen molar-refractivity contribution in [3.63, 3.8) is 0 Å². The van der Waals surface area contributed by atoms with E-state index >= 15 is 0 Å². The largest absolute Gasteiger partial charge is 0.299 e. The zero-order valence-electron chi connectivity index (χ0n) is 11.5. The van der Waals surface area contributed by atoms with E-state index in [0.29, 0.717) is 5.92 Å². The molecule has 100 valence electrons. The van der Waals surface area contributed by atoms with E-state index in [1.807, 2.05) is 0 Å². The molecule has 0 aliphatic carbocycles. The highest BCUT2D eigenvalue weighted by Crippen LogP contribution is 2.22. The van der Waals surface area contributed by atoms with Gasteiger partial charge in [0.1, 0.15) is 0 Å². The molecule has 1 saturated heterocycles. The third-order valence-corrected chi connectivity index (χ3v) is 4.40. The molecule has 1 fully saturated rings. The van der Waals surface area contributed by atoms with Crippen LogP contribution in [0.2, 0.25) is 0 Å². The second-order valence-corrected chi connectivity index (χ2v) is 6.56. The zero-order valence-corrected chi connectivity index (χ0v) is 13.1. The number of alkyl halides is 1. The normalized spacial score (nSPS) is 20.8. The minimum atomic E-state index is 0.633. The Bertz CT molecular complexity index is 358. The van der Waals surface area contributed by atoms with Gasteiger partial charge in [0.2, 0.25) is 0 Å². The van der Waals surface area contributed by atoms with Gasteiger partial charge in [0.15, 0.2) is 0 Å². The van der Waals surface area contributed by atoms with Crippen LogP contribution in [0.5, 0.6) is 0 Å². The number of likely N-dealkylation sites (tertiary alicyclic amines) is 1. The van der Waals surface area contributed by atoms with Crippen molar-refractivity contribution in [2.24, 2.45) is 5.92 Å². The molecule has 1 atom stereocenters. The maximum absolute atomic E-state index is 3.55. The lowest BCUT2D eigenvalue weighted by Gasteiger charge is -2.16. The highest BCUT2D eigenvalue weighted by molar-refractivity contribution is 9.09. The van der Waals surface area contributed by atoms with Gasteiger partial charge in [-0.1, -0.05) is 54.0 Å². The van der Waals surface area contributed by atoms with Gasteiger partial charge in [-0.15, -0.1) is 0 Å². The van der Waals surface area contributed by atoms with Crippen molar-refractivity contribution in [3.05, 3.63) is 35.4 Å². The number of hydrogen-bond donors (Lipinski definition) is 0. The van der Waals surface area contributed by atoms with Crippen LogP contribution in [0.3, 0.4) is 0 Å². The van der Waals surface area contributed by atoms with Crippen molar-refractivity contribution in [2.75, 3.05) is 18.4 Å². The van der Waals surface area contributed by atoms with Crippen LogP contribution in [0.4, 0.5) is 0 Å². The Labute approximate surface area is 120 Å². The summed E-state index contributed by atoms with van der Waals surface area (Å²) in [6.45, 7) is 8.17. The molecule has 1 nitrogen and oxygen atoms in total. The number of nitrogens with zero attached hydrogens (tertiary/aromatic N) is 1. The second kappa shape index (κ2) is 6.72. The molecule has 0 aromatic heterocycles. The first-order valence-corrected chi connectivity index (χ1v) is 8.18. The first-order valence-electron chi connectivity index (χ1n) is 7.06. The van der Waals surface area contributed by atoms with E-state index in [9.17, 15) is 0 Å². The van der Waals surface area contributed by atoms with E-state index in [-0.39, 0.29) is 0 Å². The van der Waals surface area contributed by atoms with Crippen molar-refractivity contribution < 1.29 is 0 Å². The summed E-state index contributed by atoms with van der Waals surface area (Å²) in [6.07, 6.45) is 2.69. The van der Waals surface area contributed by atoms with E-state index in [2.05, 4.69) is 58.9 Å². The SMILES string of the molecule is CC(C)c1ccc(CN2CCC(CCBr)C2)cc1. The summed E-state index contributed by atoms with van der Waals surface area (Å²) in [5, 5.41) is 1.15. The fraction of sp³-hybridized carbons (Fsp3) is 0.625. The van der Waals surface area contributed by atoms with Gasteiger partial charge in [0, 0.05) is 18.4 Å². The Morgan fingerprint density at radius 2 is 2.00 bits per heavy atom. The summed E-state index contributed by atoms with van der Waals surface area (Å²) in [5.41, 5.74) is 2.90. The molecular weight excluding hydrogens is 286 g/mol. The van der Waals surface area contributed by atoms with E-state index in [1.165, 1.54) is 37.1 Å². The van der Waals surface area contributed by atoms with Crippen LogP contribution in [-0.2, 0) is 6.54 Å². The fourth-order valence-electron chi connectivity index (χ4n) is 2.71. The number of hydrogen-bond acceptors (Lipinski definition) is 1. The molecule has 0 N–H and O–H groups in total. The molecule has 0 saturated carbocycles. The smallest absolute Gasteiger partial charge is 0.0233 e. The van der Waals surface area contributed by atoms with Gasteiger partial charge in [-0.25, -0.2) is 0 Å². The Balaban J connectivity index is 1.86. The minimum absolute atomic E-state index is 0.633. The van der Waals surface area contributed by atoms with Crippen LogP contribution in [0.1, 0.15) is 43.7 Å². The van der Waals surface area contributed by atoms with Crippen LogP contribution in [0.15, 0.2) is 24.3 Å². The molecule has 1 heterocycles. The topological polar surface area (TPSA) is 3.24 Å². The Morgan fingerprint density at radius 1 is 1.28 bits per heavy atom. The van der Waals surface area contributed by atoms with Gasteiger partial charge in [-0.05, 0) is 42.3 Å². The Kier molecular flexibility index (Phi) is 5.25. The van der Waals surface area contributed by atoms with Gasteiger partial charge < -0.3 is 0 Å². The average Bonchev–Trinajstić information content (AvgIpc) is 2.78. The first kappa shape index (κ1) is 14.1. The molecule has 18 heavy (non-hydrogen) atoms. The number of halogens is 1. The second-order valence-electron chi connectivity index (χ2n) is 5.76. The van der Waals surface area contributed by atoms with Gasteiger partial charge in [0.05, 0.1) is 0 Å². The summed E-state index contributed by atoms with van der Waals surface area (Å²) < 4.78 is 0. The minimum Gasteiger partial charge on any atom is -0.299 e. The summed E-state index contributed by atoms with van der Waals surface area (Å²) in [5.74, 6) is 1.54. The monoisotopic (exact) mass is 309 g/mol. The predicted octanol–water partition coefficient (Wildman–Crippen LogP) is 4.42. The van der Waals surface area contributed by atoms with Crippen LogP contribution in [0, 0.1) is 5.92 Å². The molecular formula is C16H24BrN. The van der Waals surface area contributed by atoms with E-state index in [4.69, 9.17) is 0 Å². The molecule has 2 heteroatoms. The van der Waals surface area contributed by atoms with Crippen molar-refractivity contribution in [1.82, 2.24) is 4.90 Å². The molecule has 1 aromatic rings. The first-order chi connectivity index (χ1) is 8.69. The van der Waals surface area contributed by atoms with Gasteiger partial charge in [-0.3, -0.25) is 4.90 Å². The van der Waals surface area contributed by atoms with Crippen LogP contribution in [0.25, 0.3) is 0 Å². The fourth-order valence-corrected chi connectivity index (χ4v) is 3.36. The summed E-state index contributed by atoms with van der Waals surface area (Å²) in [4.78, 5) is 2.59. The average molecular weight is 310 g/mol.